The lowest BCUT2D eigenvalue weighted by Gasteiger charge is -2.22. The van der Waals surface area contributed by atoms with Crippen LogP contribution in [0.15, 0.2) is 150 Å². The van der Waals surface area contributed by atoms with Crippen molar-refractivity contribution in [1.82, 2.24) is 60.3 Å². The van der Waals surface area contributed by atoms with Crippen LogP contribution < -0.4 is 54.7 Å². The number of aromatic amines is 2. The molecule has 2 aliphatic carbocycles. The van der Waals surface area contributed by atoms with Gasteiger partial charge in [0, 0.05) is 94.6 Å². The predicted octanol–water partition coefficient (Wildman–Crippen LogP) is 2.45. The molecule has 8 aromatic rings. The van der Waals surface area contributed by atoms with Crippen molar-refractivity contribution in [1.29, 1.82) is 0 Å². The van der Waals surface area contributed by atoms with Crippen LogP contribution in [0.1, 0.15) is 53.9 Å². The van der Waals surface area contributed by atoms with E-state index < -0.39 is 165 Å². The first kappa shape index (κ1) is 95.7. The summed E-state index contributed by atoms with van der Waals surface area (Å²) in [5.74, 6) is -5.08. The first-order valence-corrected chi connectivity index (χ1v) is 47.5. The number of hydrogen-bond acceptors (Lipinski definition) is 38. The number of imidazole rings is 2. The molecule has 8 heterocycles. The summed E-state index contributed by atoms with van der Waals surface area (Å²) >= 11 is 8.11. The largest absolute Gasteiger partial charge is 0.508 e. The van der Waals surface area contributed by atoms with Gasteiger partial charge >= 0.3 is 68.9 Å². The molecule has 6 aliphatic rings. The van der Waals surface area contributed by atoms with E-state index in [-0.39, 0.29) is 139 Å². The molecule has 130 heavy (non-hydrogen) atoms. The van der Waals surface area contributed by atoms with Gasteiger partial charge in [-0.05, 0) is 120 Å². The zero-order chi connectivity index (χ0) is 94.3. The van der Waals surface area contributed by atoms with Gasteiger partial charge in [0.05, 0.1) is 37.0 Å². The summed E-state index contributed by atoms with van der Waals surface area (Å²) in [4.78, 5) is 223. The first-order valence-electron chi connectivity index (χ1n) is 36.3. The van der Waals surface area contributed by atoms with Gasteiger partial charge in [0.15, 0.2) is 57.8 Å². The minimum absolute atomic E-state index is 0.0271. The quantitative estimate of drug-likeness (QED) is 0.0175. The maximum atomic E-state index is 13.4. The molecule has 2 fully saturated rings. The number of aromatic hydroxyl groups is 2. The molecule has 0 spiro atoms. The fraction of sp³-hybridized carbons (Fsp3) is 0.206. The molecule has 4 amide bonds. The van der Waals surface area contributed by atoms with E-state index in [2.05, 4.69) is 96.6 Å². The van der Waals surface area contributed by atoms with Gasteiger partial charge in [-0.1, -0.05) is 0 Å². The number of hydrogen-bond donors (Lipinski definition) is 22. The highest BCUT2D eigenvalue weighted by Gasteiger charge is 2.52. The Kier molecular flexibility index (Phi) is 27.9. The van der Waals surface area contributed by atoms with Gasteiger partial charge in [-0.15, -0.1) is 0 Å². The average Bonchev–Trinajstić information content (AvgIpc) is 1.03. The van der Waals surface area contributed by atoms with Crippen molar-refractivity contribution in [3.8, 4) is 56.4 Å². The number of carbonyl (C=O) groups excluding carboxylic acids is 4. The number of aromatic carboxylic acids is 2. The molecule has 14 rings (SSSR count). The zero-order valence-corrected chi connectivity index (χ0v) is 71.6. The number of phosphoric acid groups is 4. The van der Waals surface area contributed by atoms with Crippen molar-refractivity contribution in [2.45, 2.75) is 49.1 Å². The number of rotatable bonds is 30. The molecule has 4 unspecified atom stereocenters. The van der Waals surface area contributed by atoms with Crippen LogP contribution in [0.4, 0.5) is 21.5 Å². The number of carboxylic acids is 2. The predicted molar refractivity (Wildman–Crippen MR) is 445 cm³/mol. The Morgan fingerprint density at radius 3 is 1.30 bits per heavy atom. The Labute approximate surface area is 729 Å². The number of phenolic OH excluding ortho intramolecular Hbond substituents is 2. The number of carboxylic acid groups (broad SMARTS) is 2. The van der Waals surface area contributed by atoms with E-state index in [0.29, 0.717) is 21.9 Å². The summed E-state index contributed by atoms with van der Waals surface area (Å²) in [6.45, 7) is -13.3. The van der Waals surface area contributed by atoms with Crippen LogP contribution in [0.5, 0.6) is 11.5 Å². The lowest BCUT2D eigenvalue weighted by molar-refractivity contribution is -0.0522. The van der Waals surface area contributed by atoms with Gasteiger partial charge in [0.1, 0.15) is 58.6 Å². The number of phosphoric ester groups is 2. The molecular weight excluding hydrogens is 1900 g/mol. The van der Waals surface area contributed by atoms with Crippen molar-refractivity contribution < 1.29 is 171 Å². The van der Waals surface area contributed by atoms with Crippen molar-refractivity contribution in [3.63, 3.8) is 0 Å². The van der Waals surface area contributed by atoms with Crippen LogP contribution in [0.2, 0.25) is 0 Å². The molecule has 0 radical (unpaired) electrons. The fourth-order valence-corrected chi connectivity index (χ4v) is 20.9. The molecule has 62 heteroatoms. The summed E-state index contributed by atoms with van der Waals surface area (Å²) in [6.07, 6.45) is -14.7. The summed E-state index contributed by atoms with van der Waals surface area (Å²) in [5, 5.41) is 73.4. The number of alkyl carbamates (subject to hydrolysis) is 2. The van der Waals surface area contributed by atoms with Gasteiger partial charge in [0.25, 0.3) is 22.9 Å². The SMILES string of the molecule is Nc1nc2c(ncn2[C@@H]2O[C@H](COP(=O)(O)OP(=O)(O)OP(O)(O)=S)[C@@H](O)[C@H]2OC(=O)NCCNC(=O)c2ccc(C(=O)O)c(-c3c4ccc(=O)cc-4oc4cc(O)ccc34)c2)c(=O)[nH]1.Nc1nc2c(ncn2[C@@H]2O[C@H](COP(=O)(O)OP(=O)(O)OP(O)(O)=S)[C@@H](OC(=O)NCCNC(=O)c3ccc(C(=O)O)c(-c4c5ccc(=O)cc-5oc5cc(O)ccc45)c3)[C@H]2O)c(=O)[nH]1. The first-order chi connectivity index (χ1) is 61.0. The number of carbonyl (C=O) groups is 6. The number of nitrogens with zero attached hydrogens (tertiary/aromatic N) is 6. The number of phenols is 2. The summed E-state index contributed by atoms with van der Waals surface area (Å²) in [6, 6.07) is 23.4. The summed E-state index contributed by atoms with van der Waals surface area (Å²) in [7, 11) is -22.8. The van der Waals surface area contributed by atoms with Crippen LogP contribution in [0.25, 0.3) is 89.2 Å². The van der Waals surface area contributed by atoms with E-state index in [1.165, 1.54) is 109 Å². The maximum absolute atomic E-state index is 13.4. The number of nitrogens with one attached hydrogen (secondary N) is 6. The van der Waals surface area contributed by atoms with Gasteiger partial charge in [-0.25, -0.2) is 56.0 Å². The molecule has 4 aliphatic heterocycles. The number of H-pyrrole nitrogens is 2. The smallest absolute Gasteiger partial charge is 0.488 e. The summed E-state index contributed by atoms with van der Waals surface area (Å²) in [5.41, 5.74) is 9.03. The van der Waals surface area contributed by atoms with Crippen molar-refractivity contribution in [2.24, 2.45) is 0 Å². The molecule has 0 saturated carbocycles. The molecule has 4 aromatic heterocycles. The van der Waals surface area contributed by atoms with E-state index in [9.17, 15) is 116 Å². The maximum Gasteiger partial charge on any atom is 0.488 e. The number of anilines is 2. The fourth-order valence-electron chi connectivity index (χ4n) is 13.3. The number of benzene rings is 6. The third-order valence-electron chi connectivity index (χ3n) is 18.5. The van der Waals surface area contributed by atoms with E-state index in [0.717, 1.165) is 21.8 Å². The number of aromatic nitrogens is 8. The topological polar surface area (TPSA) is 834 Å². The minimum Gasteiger partial charge on any atom is -0.508 e. The molecule has 2 saturated heterocycles. The third-order valence-corrected chi connectivity index (χ3v) is 27.3. The van der Waals surface area contributed by atoms with Crippen LogP contribution in [-0.2, 0) is 87.1 Å². The van der Waals surface area contributed by atoms with Gasteiger partial charge in [-0.2, -0.15) is 18.6 Å². The normalized spacial score (nSPS) is 19.5. The highest BCUT2D eigenvalue weighted by atomic mass is 32.5. The Balaban J connectivity index is 0.000000222. The molecular formula is C68H64N14O40P6S2. The van der Waals surface area contributed by atoms with Crippen LogP contribution in [0, 0.1) is 0 Å². The number of nitrogens with two attached hydrogens (primary N) is 2. The number of aliphatic hydroxyl groups excluding tert-OH is 2. The number of fused-ring (bicyclic) bond motifs is 6. The van der Waals surface area contributed by atoms with Crippen molar-refractivity contribution >= 4 is 160 Å². The monoisotopic (exact) mass is 1970 g/mol. The summed E-state index contributed by atoms with van der Waals surface area (Å²) < 4.78 is 110. The Bertz CT molecular complexity index is 7060. The standard InChI is InChI=1S/2C34H32N7O20P3S/c35-33-39-28-25(30(46)40-33)38-13-41(28)31-26(44)27(23(58-31)12-56-62(50,51)60-63(52,53)61-64(54,55)65)59-34(49)37-8-7-36-29(45)14-1-4-17(32(47)48)20(9-14)24-18-5-2-15(42)10-21(18)57-22-11-16(43)3-6-19(22)24;35-33-39-28-25(30(46)40-33)38-13-41(28)31-27(26(44)23(58-31)12-56-62(50,51)60-63(52,53)61-64(54,55)65)59-34(49)37-8-7-36-29(45)14-1-4-17(32(47)48)20(9-14)24-18-5-2-15(42)10-21(18)57-22-11-16(43)3-6-19(22)24/h2*1-6,9-11,13,23,26-27,31,42,44H,7-8,12H2,(H,36,45)(H,37,49)(H,47,48)(H,50,51)(H,52,53)(H2,54,55,65)(H3,35,39,40,46)/t2*23-,26-,27-,31-/m11/s1. The molecule has 688 valence electrons. The van der Waals surface area contributed by atoms with E-state index in [1.807, 2.05) is 0 Å². The molecule has 54 nitrogen and oxygen atoms in total. The van der Waals surface area contributed by atoms with Crippen LogP contribution >= 0.6 is 44.7 Å². The van der Waals surface area contributed by atoms with Crippen molar-refractivity contribution in [2.75, 3.05) is 50.9 Å². The van der Waals surface area contributed by atoms with E-state index in [1.54, 1.807) is 0 Å². The van der Waals surface area contributed by atoms with Gasteiger partial charge in [0.2, 0.25) is 11.9 Å². The van der Waals surface area contributed by atoms with Crippen LogP contribution in [0.3, 0.4) is 0 Å². The number of ether oxygens (including phenoxy) is 4. The second kappa shape index (κ2) is 37.9. The van der Waals surface area contributed by atoms with Crippen molar-refractivity contribution in [3.05, 3.63) is 185 Å². The van der Waals surface area contributed by atoms with Crippen LogP contribution in [-0.4, -0.2) is 221 Å². The molecule has 12 atom stereocenters. The van der Waals surface area contributed by atoms with E-state index >= 15 is 0 Å². The zero-order valence-electron chi connectivity index (χ0n) is 64.6. The number of nitrogen functional groups attached to an aromatic ring is 2. The average molecular weight is 1970 g/mol. The molecule has 0 bridgehead atoms. The number of aliphatic hydroxyl groups is 2. The van der Waals surface area contributed by atoms with E-state index in [4.69, 9.17) is 63.3 Å². The lowest BCUT2D eigenvalue weighted by Crippen LogP contribution is -2.42. The third kappa shape index (κ3) is 22.4. The lowest BCUT2D eigenvalue weighted by atomic mass is 9.89. The Morgan fingerprint density at radius 1 is 0.477 bits per heavy atom. The minimum atomic E-state index is -5.74. The Morgan fingerprint density at radius 2 is 0.877 bits per heavy atom. The number of amides is 4. The second-order valence-corrected chi connectivity index (χ2v) is 39.0. The molecule has 24 N–H and O–H groups in total. The highest BCUT2D eigenvalue weighted by Crippen LogP contribution is 2.68. The van der Waals surface area contributed by atoms with Gasteiger partial charge in [-0.3, -0.25) is 56.9 Å². The molecule has 4 aromatic carbocycles. The highest BCUT2D eigenvalue weighted by molar-refractivity contribution is 8.08. The van der Waals surface area contributed by atoms with Gasteiger partial charge < -0.3 is 130 Å². The Hall–Kier alpha value is -11.9. The second-order valence-electron chi connectivity index (χ2n) is 27.3.